The van der Waals surface area contributed by atoms with Crippen LogP contribution in [0.1, 0.15) is 29.7 Å². The summed E-state index contributed by atoms with van der Waals surface area (Å²) in [5.74, 6) is -1.41. The van der Waals surface area contributed by atoms with Gasteiger partial charge in [0.2, 0.25) is 5.91 Å². The zero-order valence-electron chi connectivity index (χ0n) is 15.4. The number of rotatable bonds is 4. The Morgan fingerprint density at radius 3 is 2.79 bits per heavy atom. The molecule has 0 unspecified atom stereocenters. The SMILES string of the molecule is Cc1cncc(F)c1[C@@H](C)NC(=O)CN1C(=O)Nc2ccc(C#N)cc2S1(=O)=O. The first-order chi connectivity index (χ1) is 13.6. The molecule has 1 aromatic heterocycles. The fraction of sp³-hybridized carbons (Fsp3) is 0.222. The number of urea groups is 1. The van der Waals surface area contributed by atoms with Gasteiger partial charge in [-0.05, 0) is 37.6 Å². The highest BCUT2D eigenvalue weighted by Crippen LogP contribution is 2.30. The van der Waals surface area contributed by atoms with E-state index in [9.17, 15) is 22.4 Å². The fourth-order valence-electron chi connectivity index (χ4n) is 3.05. The maximum Gasteiger partial charge on any atom is 0.336 e. The van der Waals surface area contributed by atoms with Gasteiger partial charge in [0, 0.05) is 11.8 Å². The van der Waals surface area contributed by atoms with Crippen LogP contribution in [0.15, 0.2) is 35.5 Å². The van der Waals surface area contributed by atoms with Crippen LogP contribution in [0.2, 0.25) is 0 Å². The topological polar surface area (TPSA) is 132 Å². The van der Waals surface area contributed by atoms with Crippen LogP contribution in [0.3, 0.4) is 0 Å². The summed E-state index contributed by atoms with van der Waals surface area (Å²) in [6, 6.07) is 3.83. The maximum absolute atomic E-state index is 14.0. The van der Waals surface area contributed by atoms with E-state index in [1.165, 1.54) is 25.3 Å². The van der Waals surface area contributed by atoms with Crippen LogP contribution in [0.4, 0.5) is 14.9 Å². The molecule has 1 aliphatic heterocycles. The van der Waals surface area contributed by atoms with E-state index < -0.39 is 40.4 Å². The van der Waals surface area contributed by atoms with Crippen LogP contribution in [0.5, 0.6) is 0 Å². The van der Waals surface area contributed by atoms with Crippen molar-refractivity contribution in [3.63, 3.8) is 0 Å². The Morgan fingerprint density at radius 2 is 2.14 bits per heavy atom. The molecule has 1 aromatic carbocycles. The number of amides is 3. The molecule has 0 saturated heterocycles. The molecule has 150 valence electrons. The Bertz CT molecular complexity index is 1140. The van der Waals surface area contributed by atoms with Gasteiger partial charge >= 0.3 is 6.03 Å². The molecular weight excluding hydrogens is 401 g/mol. The summed E-state index contributed by atoms with van der Waals surface area (Å²) in [5.41, 5.74) is 0.834. The van der Waals surface area contributed by atoms with E-state index in [0.717, 1.165) is 12.3 Å². The van der Waals surface area contributed by atoms with Gasteiger partial charge in [-0.3, -0.25) is 9.78 Å². The lowest BCUT2D eigenvalue weighted by Crippen LogP contribution is -2.49. The summed E-state index contributed by atoms with van der Waals surface area (Å²) in [7, 11) is -4.35. The van der Waals surface area contributed by atoms with E-state index >= 15 is 0 Å². The molecule has 11 heteroatoms. The number of hydrogen-bond donors (Lipinski definition) is 2. The Balaban J connectivity index is 1.83. The second-order valence-corrected chi connectivity index (χ2v) is 8.24. The molecule has 0 radical (unpaired) electrons. The van der Waals surface area contributed by atoms with Crippen molar-refractivity contribution in [1.29, 1.82) is 5.26 Å². The third kappa shape index (κ3) is 3.74. The minimum Gasteiger partial charge on any atom is -0.348 e. The van der Waals surface area contributed by atoms with Crippen LogP contribution in [0.25, 0.3) is 0 Å². The number of nitriles is 1. The van der Waals surface area contributed by atoms with Gasteiger partial charge in [-0.15, -0.1) is 0 Å². The van der Waals surface area contributed by atoms with Gasteiger partial charge in [0.15, 0.2) is 0 Å². The second kappa shape index (κ2) is 7.48. The molecule has 29 heavy (non-hydrogen) atoms. The van der Waals surface area contributed by atoms with Crippen molar-refractivity contribution < 1.29 is 22.4 Å². The Labute approximate surface area is 166 Å². The zero-order valence-corrected chi connectivity index (χ0v) is 16.2. The zero-order chi connectivity index (χ0) is 21.3. The van der Waals surface area contributed by atoms with Crippen molar-refractivity contribution in [2.24, 2.45) is 0 Å². The predicted octanol–water partition coefficient (Wildman–Crippen LogP) is 1.81. The second-order valence-electron chi connectivity index (χ2n) is 6.41. The molecule has 0 fully saturated rings. The first-order valence-corrected chi connectivity index (χ1v) is 9.86. The Hall–Kier alpha value is -3.52. The van der Waals surface area contributed by atoms with Gasteiger partial charge in [0.1, 0.15) is 17.3 Å². The monoisotopic (exact) mass is 417 g/mol. The largest absolute Gasteiger partial charge is 0.348 e. The summed E-state index contributed by atoms with van der Waals surface area (Å²) in [6.45, 7) is 2.35. The van der Waals surface area contributed by atoms with Crippen LogP contribution < -0.4 is 10.6 Å². The maximum atomic E-state index is 14.0. The summed E-state index contributed by atoms with van der Waals surface area (Å²) in [4.78, 5) is 28.1. The number of nitrogens with zero attached hydrogens (tertiary/aromatic N) is 3. The van der Waals surface area contributed by atoms with Crippen molar-refractivity contribution in [3.05, 3.63) is 53.1 Å². The number of halogens is 1. The van der Waals surface area contributed by atoms with E-state index in [0.29, 0.717) is 9.87 Å². The summed E-state index contributed by atoms with van der Waals surface area (Å²) in [6.07, 6.45) is 2.45. The number of carbonyl (C=O) groups excluding carboxylic acids is 2. The van der Waals surface area contributed by atoms with Gasteiger partial charge in [-0.25, -0.2) is 21.9 Å². The third-order valence-electron chi connectivity index (χ3n) is 4.38. The van der Waals surface area contributed by atoms with E-state index in [4.69, 9.17) is 5.26 Å². The number of aryl methyl sites for hydroxylation is 1. The van der Waals surface area contributed by atoms with Gasteiger partial charge < -0.3 is 10.6 Å². The quantitative estimate of drug-likeness (QED) is 0.780. The van der Waals surface area contributed by atoms with Gasteiger partial charge in [-0.2, -0.15) is 5.26 Å². The Kier molecular flexibility index (Phi) is 5.21. The molecule has 1 atom stereocenters. The smallest absolute Gasteiger partial charge is 0.336 e. The van der Waals surface area contributed by atoms with E-state index in [1.807, 2.05) is 6.07 Å². The van der Waals surface area contributed by atoms with E-state index in [2.05, 4.69) is 15.6 Å². The van der Waals surface area contributed by atoms with Crippen LogP contribution in [-0.4, -0.2) is 36.2 Å². The van der Waals surface area contributed by atoms with Gasteiger partial charge in [0.05, 0.1) is 29.6 Å². The molecule has 3 rings (SSSR count). The van der Waals surface area contributed by atoms with E-state index in [1.54, 1.807) is 6.92 Å². The number of nitrogens with one attached hydrogen (secondary N) is 2. The van der Waals surface area contributed by atoms with Crippen molar-refractivity contribution in [2.45, 2.75) is 24.8 Å². The minimum atomic E-state index is -4.35. The third-order valence-corrected chi connectivity index (χ3v) is 6.15. The molecule has 2 heterocycles. The van der Waals surface area contributed by atoms with Crippen LogP contribution >= 0.6 is 0 Å². The number of anilines is 1. The molecule has 2 aromatic rings. The Morgan fingerprint density at radius 1 is 1.41 bits per heavy atom. The van der Waals surface area contributed by atoms with Crippen molar-refractivity contribution >= 4 is 27.6 Å². The molecular formula is C18H16FN5O4S. The first-order valence-electron chi connectivity index (χ1n) is 8.42. The molecule has 0 saturated carbocycles. The summed E-state index contributed by atoms with van der Waals surface area (Å²) in [5, 5.41) is 13.8. The van der Waals surface area contributed by atoms with Gasteiger partial charge in [0.25, 0.3) is 10.0 Å². The number of benzene rings is 1. The summed E-state index contributed by atoms with van der Waals surface area (Å²) >= 11 is 0. The normalized spacial score (nSPS) is 15.7. The standard InChI is InChI=1S/C18H16FN5O4S/c1-10-7-21-8-13(19)17(10)11(2)22-16(25)9-24-18(26)23-14-4-3-12(6-20)5-15(14)29(24,27)28/h3-5,7-8,11H,9H2,1-2H3,(H,22,25)(H,23,26)/t11-/m1/s1. The van der Waals surface area contributed by atoms with Crippen molar-refractivity contribution in [3.8, 4) is 6.07 Å². The van der Waals surface area contributed by atoms with Crippen LogP contribution in [-0.2, 0) is 14.8 Å². The first kappa shape index (κ1) is 20.2. The number of carbonyl (C=O) groups is 2. The molecule has 9 nitrogen and oxygen atoms in total. The molecule has 2 N–H and O–H groups in total. The number of aromatic nitrogens is 1. The average Bonchev–Trinajstić information content (AvgIpc) is 2.65. The van der Waals surface area contributed by atoms with E-state index in [-0.39, 0.29) is 21.7 Å². The molecule has 0 bridgehead atoms. The lowest BCUT2D eigenvalue weighted by atomic mass is 10.0. The number of pyridine rings is 1. The molecule has 0 aliphatic carbocycles. The molecule has 3 amide bonds. The number of fused-ring (bicyclic) bond motifs is 1. The van der Waals surface area contributed by atoms with Crippen LogP contribution in [0, 0.1) is 24.1 Å². The highest BCUT2D eigenvalue weighted by Gasteiger charge is 2.38. The fourth-order valence-corrected chi connectivity index (χ4v) is 4.51. The van der Waals surface area contributed by atoms with Crippen molar-refractivity contribution in [1.82, 2.24) is 14.6 Å². The highest BCUT2D eigenvalue weighted by molar-refractivity contribution is 7.90. The minimum absolute atomic E-state index is 0.0218. The number of hydrogen-bond acceptors (Lipinski definition) is 6. The number of sulfonamides is 1. The summed E-state index contributed by atoms with van der Waals surface area (Å²) < 4.78 is 40.0. The lowest BCUT2D eigenvalue weighted by Gasteiger charge is -2.28. The molecule has 0 spiro atoms. The predicted molar refractivity (Wildman–Crippen MR) is 99.6 cm³/mol. The molecule has 1 aliphatic rings. The highest BCUT2D eigenvalue weighted by atomic mass is 32.2. The van der Waals surface area contributed by atoms with Gasteiger partial charge in [-0.1, -0.05) is 0 Å². The lowest BCUT2D eigenvalue weighted by molar-refractivity contribution is -0.121. The van der Waals surface area contributed by atoms with Crippen molar-refractivity contribution in [2.75, 3.05) is 11.9 Å². The average molecular weight is 417 g/mol.